The Hall–Kier alpha value is -3.84. The molecule has 3 aromatic heterocycles. The van der Waals surface area contributed by atoms with E-state index in [9.17, 15) is 14.9 Å². The quantitative estimate of drug-likeness (QED) is 0.596. The zero-order valence-corrected chi connectivity index (χ0v) is 17.4. The average molecular weight is 433 g/mol. The highest BCUT2D eigenvalue weighted by molar-refractivity contribution is 7.16. The molecule has 0 radical (unpaired) electrons. The Labute approximate surface area is 182 Å². The number of rotatable bonds is 6. The van der Waals surface area contributed by atoms with Gasteiger partial charge in [-0.25, -0.2) is 0 Å². The molecule has 9 nitrogen and oxygen atoms in total. The second-order valence-corrected chi connectivity index (χ2v) is 8.05. The van der Waals surface area contributed by atoms with Crippen LogP contribution in [0.1, 0.15) is 28.0 Å². The van der Waals surface area contributed by atoms with E-state index >= 15 is 0 Å². The second kappa shape index (κ2) is 9.32. The molecule has 4 rings (SSSR count). The zero-order valence-electron chi connectivity index (χ0n) is 16.6. The Balaban J connectivity index is 1.42. The lowest BCUT2D eigenvalue weighted by Crippen LogP contribution is -2.35. The lowest BCUT2D eigenvalue weighted by molar-refractivity contribution is -0.132. The standard InChI is InChI=1S/C21H19N7O2S/c22-10-17-16-5-9-28(20(30)6-8-27-13-24-25-14-27)12-18(16)31-21(17)26-19(29)4-3-15-2-1-7-23-11-15/h1-4,7,11,13-14H,5-6,8-9,12H2,(H,26,29). The molecule has 0 aliphatic carbocycles. The van der Waals surface area contributed by atoms with Crippen molar-refractivity contribution in [1.29, 1.82) is 5.26 Å². The highest BCUT2D eigenvalue weighted by Crippen LogP contribution is 2.36. The molecule has 0 saturated carbocycles. The number of nitrogens with zero attached hydrogens (tertiary/aromatic N) is 6. The molecule has 0 atom stereocenters. The predicted molar refractivity (Wildman–Crippen MR) is 115 cm³/mol. The van der Waals surface area contributed by atoms with Gasteiger partial charge < -0.3 is 14.8 Å². The molecule has 31 heavy (non-hydrogen) atoms. The van der Waals surface area contributed by atoms with Crippen molar-refractivity contribution >= 4 is 34.2 Å². The number of nitriles is 1. The molecular formula is C21H19N7O2S. The van der Waals surface area contributed by atoms with Crippen LogP contribution < -0.4 is 5.32 Å². The molecule has 1 aliphatic rings. The van der Waals surface area contributed by atoms with E-state index in [-0.39, 0.29) is 11.8 Å². The first-order valence-corrected chi connectivity index (χ1v) is 10.5. The highest BCUT2D eigenvalue weighted by Gasteiger charge is 2.27. The zero-order chi connectivity index (χ0) is 21.6. The van der Waals surface area contributed by atoms with Crippen molar-refractivity contribution in [3.8, 4) is 6.07 Å². The van der Waals surface area contributed by atoms with Crippen molar-refractivity contribution in [3.05, 3.63) is 64.8 Å². The number of nitrogens with one attached hydrogen (secondary N) is 1. The normalized spacial score (nSPS) is 13.1. The first-order valence-electron chi connectivity index (χ1n) is 9.68. The molecule has 156 valence electrons. The van der Waals surface area contributed by atoms with Gasteiger partial charge in [-0.05, 0) is 29.7 Å². The summed E-state index contributed by atoms with van der Waals surface area (Å²) >= 11 is 1.35. The maximum absolute atomic E-state index is 12.6. The monoisotopic (exact) mass is 433 g/mol. The molecule has 1 aliphatic heterocycles. The van der Waals surface area contributed by atoms with Crippen LogP contribution in [0.2, 0.25) is 0 Å². The number of hydrogen-bond acceptors (Lipinski definition) is 7. The van der Waals surface area contributed by atoms with Gasteiger partial charge in [-0.2, -0.15) is 5.26 Å². The average Bonchev–Trinajstić information content (AvgIpc) is 3.43. The third-order valence-corrected chi connectivity index (χ3v) is 6.05. The van der Waals surface area contributed by atoms with Crippen LogP contribution in [-0.4, -0.2) is 43.0 Å². The fourth-order valence-corrected chi connectivity index (χ4v) is 4.56. The second-order valence-electron chi connectivity index (χ2n) is 6.94. The Kier molecular flexibility index (Phi) is 6.14. The first-order chi connectivity index (χ1) is 15.1. The van der Waals surface area contributed by atoms with Crippen LogP contribution in [0.3, 0.4) is 0 Å². The van der Waals surface area contributed by atoms with E-state index in [1.165, 1.54) is 17.4 Å². The lowest BCUT2D eigenvalue weighted by Gasteiger charge is -2.27. The van der Waals surface area contributed by atoms with E-state index < -0.39 is 0 Å². The van der Waals surface area contributed by atoms with Crippen molar-refractivity contribution < 1.29 is 9.59 Å². The summed E-state index contributed by atoms with van der Waals surface area (Å²) in [5, 5.41) is 20.4. The topological polar surface area (TPSA) is 117 Å². The van der Waals surface area contributed by atoms with E-state index in [0.717, 1.165) is 16.0 Å². The maximum Gasteiger partial charge on any atom is 0.249 e. The first kappa shape index (κ1) is 20.4. The Morgan fingerprint density at radius 2 is 2.16 bits per heavy atom. The number of amides is 2. The van der Waals surface area contributed by atoms with Crippen LogP contribution in [0, 0.1) is 11.3 Å². The fourth-order valence-electron chi connectivity index (χ4n) is 3.34. The van der Waals surface area contributed by atoms with E-state index in [0.29, 0.717) is 43.0 Å². The van der Waals surface area contributed by atoms with Gasteiger partial charge in [0.1, 0.15) is 23.7 Å². The van der Waals surface area contributed by atoms with Crippen molar-refractivity contribution in [1.82, 2.24) is 24.6 Å². The van der Waals surface area contributed by atoms with Gasteiger partial charge in [-0.15, -0.1) is 21.5 Å². The van der Waals surface area contributed by atoms with Gasteiger partial charge in [0.15, 0.2) is 0 Å². The fraction of sp³-hybridized carbons (Fsp3) is 0.238. The third-order valence-electron chi connectivity index (χ3n) is 4.92. The SMILES string of the molecule is N#Cc1c(NC(=O)C=Cc2cccnc2)sc2c1CCN(C(=O)CCn1cnnc1)C2. The number of aromatic nitrogens is 4. The van der Waals surface area contributed by atoms with Crippen LogP contribution in [0.5, 0.6) is 0 Å². The molecule has 4 heterocycles. The van der Waals surface area contributed by atoms with E-state index in [1.54, 1.807) is 46.7 Å². The number of carbonyl (C=O) groups is 2. The third kappa shape index (κ3) is 4.84. The molecule has 3 aromatic rings. The van der Waals surface area contributed by atoms with Gasteiger partial charge in [0.25, 0.3) is 0 Å². The number of fused-ring (bicyclic) bond motifs is 1. The van der Waals surface area contributed by atoms with E-state index in [2.05, 4.69) is 26.6 Å². The highest BCUT2D eigenvalue weighted by atomic mass is 32.1. The molecule has 0 aromatic carbocycles. The summed E-state index contributed by atoms with van der Waals surface area (Å²) in [5.74, 6) is -0.280. The van der Waals surface area contributed by atoms with Crippen molar-refractivity contribution in [2.75, 3.05) is 11.9 Å². The maximum atomic E-state index is 12.6. The molecule has 0 unspecified atom stereocenters. The Morgan fingerprint density at radius 3 is 2.90 bits per heavy atom. The molecule has 0 fully saturated rings. The summed E-state index contributed by atoms with van der Waals surface area (Å²) in [6.45, 7) is 1.51. The summed E-state index contributed by atoms with van der Waals surface area (Å²) in [6, 6.07) is 5.84. The number of pyridine rings is 1. The minimum Gasteiger partial charge on any atom is -0.337 e. The molecule has 10 heteroatoms. The molecule has 1 N–H and O–H groups in total. The van der Waals surface area contributed by atoms with Crippen molar-refractivity contribution in [3.63, 3.8) is 0 Å². The molecule has 2 amide bonds. The number of thiophene rings is 1. The lowest BCUT2D eigenvalue weighted by atomic mass is 10.0. The van der Waals surface area contributed by atoms with Crippen molar-refractivity contribution in [2.45, 2.75) is 25.9 Å². The van der Waals surface area contributed by atoms with Crippen LogP contribution in [0.25, 0.3) is 6.08 Å². The van der Waals surface area contributed by atoms with Crippen LogP contribution in [0.15, 0.2) is 43.3 Å². The van der Waals surface area contributed by atoms with Crippen LogP contribution in [-0.2, 0) is 29.1 Å². The largest absolute Gasteiger partial charge is 0.337 e. The summed E-state index contributed by atoms with van der Waals surface area (Å²) in [7, 11) is 0. The minimum absolute atomic E-state index is 0.0382. The number of anilines is 1. The summed E-state index contributed by atoms with van der Waals surface area (Å²) in [4.78, 5) is 31.7. The van der Waals surface area contributed by atoms with Gasteiger partial charge in [0.05, 0.1) is 12.1 Å². The van der Waals surface area contributed by atoms with Gasteiger partial charge in [-0.3, -0.25) is 14.6 Å². The number of aryl methyl sites for hydroxylation is 1. The Bertz CT molecular complexity index is 1150. The molecule has 0 bridgehead atoms. The minimum atomic E-state index is -0.319. The van der Waals surface area contributed by atoms with Gasteiger partial charge in [-0.1, -0.05) is 6.07 Å². The van der Waals surface area contributed by atoms with Gasteiger partial charge in [0.2, 0.25) is 11.8 Å². The molecule has 0 saturated heterocycles. The molecular weight excluding hydrogens is 414 g/mol. The Morgan fingerprint density at radius 1 is 1.32 bits per heavy atom. The summed E-state index contributed by atoms with van der Waals surface area (Å²) in [6.07, 6.45) is 10.5. The van der Waals surface area contributed by atoms with E-state index in [4.69, 9.17) is 0 Å². The number of hydrogen-bond donors (Lipinski definition) is 1. The summed E-state index contributed by atoms with van der Waals surface area (Å²) in [5.41, 5.74) is 2.21. The van der Waals surface area contributed by atoms with Crippen LogP contribution in [0.4, 0.5) is 5.00 Å². The van der Waals surface area contributed by atoms with Crippen LogP contribution >= 0.6 is 11.3 Å². The van der Waals surface area contributed by atoms with Crippen molar-refractivity contribution in [2.24, 2.45) is 0 Å². The smallest absolute Gasteiger partial charge is 0.249 e. The molecule has 0 spiro atoms. The summed E-state index contributed by atoms with van der Waals surface area (Å²) < 4.78 is 1.76. The predicted octanol–water partition coefficient (Wildman–Crippen LogP) is 2.23. The van der Waals surface area contributed by atoms with Gasteiger partial charge >= 0.3 is 0 Å². The van der Waals surface area contributed by atoms with Gasteiger partial charge in [0, 0.05) is 42.9 Å². The number of carbonyl (C=O) groups excluding carboxylic acids is 2. The van der Waals surface area contributed by atoms with E-state index in [1.807, 2.05) is 6.07 Å².